The van der Waals surface area contributed by atoms with Crippen LogP contribution < -0.4 is 5.56 Å². The van der Waals surface area contributed by atoms with Gasteiger partial charge in [0.1, 0.15) is 17.2 Å². The Labute approximate surface area is 152 Å². The number of furan rings is 1. The highest BCUT2D eigenvalue weighted by molar-refractivity contribution is 5.38. The lowest BCUT2D eigenvalue weighted by Crippen LogP contribution is -2.27. The van der Waals surface area contributed by atoms with Crippen molar-refractivity contribution >= 4 is 5.65 Å². The van der Waals surface area contributed by atoms with Gasteiger partial charge >= 0.3 is 0 Å². The third-order valence-corrected chi connectivity index (χ3v) is 5.57. The van der Waals surface area contributed by atoms with Crippen LogP contribution in [0.2, 0.25) is 0 Å². The summed E-state index contributed by atoms with van der Waals surface area (Å²) in [6.07, 6.45) is 5.42. The lowest BCUT2D eigenvalue weighted by Gasteiger charge is -2.20. The van der Waals surface area contributed by atoms with Gasteiger partial charge in [0, 0.05) is 30.8 Å². The van der Waals surface area contributed by atoms with Gasteiger partial charge in [-0.3, -0.25) is 14.1 Å². The molecule has 2 aliphatic carbocycles. The molecule has 0 unspecified atom stereocenters. The van der Waals surface area contributed by atoms with Crippen molar-refractivity contribution in [1.82, 2.24) is 14.3 Å². The fourth-order valence-electron chi connectivity index (χ4n) is 3.74. The van der Waals surface area contributed by atoms with Crippen molar-refractivity contribution in [2.45, 2.75) is 51.2 Å². The number of rotatable bonds is 6. The highest BCUT2D eigenvalue weighted by atomic mass is 16.3. The van der Waals surface area contributed by atoms with Gasteiger partial charge in [0.15, 0.2) is 0 Å². The highest BCUT2D eigenvalue weighted by Gasteiger charge is 2.37. The van der Waals surface area contributed by atoms with Gasteiger partial charge in [-0.15, -0.1) is 0 Å². The largest absolute Gasteiger partial charge is 0.464 e. The van der Waals surface area contributed by atoms with Crippen molar-refractivity contribution in [1.29, 1.82) is 0 Å². The molecule has 2 fully saturated rings. The third-order valence-electron chi connectivity index (χ3n) is 5.57. The molecule has 2 atom stereocenters. The zero-order chi connectivity index (χ0) is 17.7. The number of aromatic nitrogens is 2. The Morgan fingerprint density at radius 1 is 1.23 bits per heavy atom. The van der Waals surface area contributed by atoms with E-state index in [1.807, 2.05) is 18.2 Å². The van der Waals surface area contributed by atoms with Crippen LogP contribution in [0.5, 0.6) is 0 Å². The molecule has 0 amide bonds. The summed E-state index contributed by atoms with van der Waals surface area (Å²) >= 11 is 0. The number of nitrogens with zero attached hydrogens (tertiary/aromatic N) is 3. The summed E-state index contributed by atoms with van der Waals surface area (Å²) in [7, 11) is 0. The van der Waals surface area contributed by atoms with E-state index in [2.05, 4.69) is 28.9 Å². The molecule has 0 spiro atoms. The first-order valence-corrected chi connectivity index (χ1v) is 9.47. The van der Waals surface area contributed by atoms with Crippen molar-refractivity contribution in [3.05, 3.63) is 70.2 Å². The average molecular weight is 349 g/mol. The van der Waals surface area contributed by atoms with E-state index in [-0.39, 0.29) is 5.56 Å². The van der Waals surface area contributed by atoms with Gasteiger partial charge in [-0.05, 0) is 49.4 Å². The second kappa shape index (κ2) is 6.09. The van der Waals surface area contributed by atoms with Crippen molar-refractivity contribution < 1.29 is 4.42 Å². The van der Waals surface area contributed by atoms with Crippen LogP contribution in [-0.2, 0) is 13.1 Å². The molecule has 0 radical (unpaired) electrons. The van der Waals surface area contributed by atoms with Crippen molar-refractivity contribution in [2.24, 2.45) is 5.92 Å². The van der Waals surface area contributed by atoms with Gasteiger partial charge in [-0.2, -0.15) is 0 Å². The summed E-state index contributed by atoms with van der Waals surface area (Å²) in [4.78, 5) is 19.4. The Kier molecular flexibility index (Phi) is 3.71. The van der Waals surface area contributed by atoms with Crippen LogP contribution >= 0.6 is 0 Å². The quantitative estimate of drug-likeness (QED) is 0.683. The molecule has 3 aromatic rings. The Balaban J connectivity index is 1.36. The minimum atomic E-state index is -0.0237. The normalized spacial score (nSPS) is 22.2. The van der Waals surface area contributed by atoms with Crippen LogP contribution in [0.15, 0.2) is 51.8 Å². The van der Waals surface area contributed by atoms with Crippen LogP contribution in [-0.4, -0.2) is 20.3 Å². The molecule has 2 saturated carbocycles. The summed E-state index contributed by atoms with van der Waals surface area (Å²) in [5.41, 5.74) is 1.51. The minimum Gasteiger partial charge on any atom is -0.464 e. The Bertz CT molecular complexity index is 1000. The predicted molar refractivity (Wildman–Crippen MR) is 99.0 cm³/mol. The summed E-state index contributed by atoms with van der Waals surface area (Å²) in [6.45, 7) is 3.73. The van der Waals surface area contributed by atoms with E-state index in [1.165, 1.54) is 19.3 Å². The number of hydrogen-bond acceptors (Lipinski definition) is 4. The molecule has 0 bridgehead atoms. The molecule has 2 aliphatic rings. The second-order valence-electron chi connectivity index (χ2n) is 7.77. The van der Waals surface area contributed by atoms with E-state index >= 15 is 0 Å². The van der Waals surface area contributed by atoms with E-state index in [4.69, 9.17) is 4.42 Å². The summed E-state index contributed by atoms with van der Waals surface area (Å²) in [5, 5.41) is 0. The van der Waals surface area contributed by atoms with E-state index in [1.54, 1.807) is 16.7 Å². The molecule has 5 heteroatoms. The van der Waals surface area contributed by atoms with Crippen molar-refractivity contribution in [3.63, 3.8) is 0 Å². The molecule has 26 heavy (non-hydrogen) atoms. The van der Waals surface area contributed by atoms with Crippen molar-refractivity contribution in [2.75, 3.05) is 0 Å². The highest BCUT2D eigenvalue weighted by Crippen LogP contribution is 2.47. The Morgan fingerprint density at radius 3 is 2.85 bits per heavy atom. The topological polar surface area (TPSA) is 50.8 Å². The number of fused-ring (bicyclic) bond motifs is 1. The average Bonchev–Trinajstić information content (AvgIpc) is 3.55. The summed E-state index contributed by atoms with van der Waals surface area (Å²) < 4.78 is 7.67. The molecule has 3 aromatic heterocycles. The molecule has 0 N–H and O–H groups in total. The first-order chi connectivity index (χ1) is 12.7. The maximum absolute atomic E-state index is 12.3. The Morgan fingerprint density at radius 2 is 2.08 bits per heavy atom. The zero-order valence-electron chi connectivity index (χ0n) is 15.0. The zero-order valence-corrected chi connectivity index (χ0v) is 15.0. The molecule has 3 heterocycles. The number of hydrogen-bond donors (Lipinski definition) is 0. The first kappa shape index (κ1) is 15.8. The number of pyridine rings is 1. The smallest absolute Gasteiger partial charge is 0.258 e. The third kappa shape index (κ3) is 3.07. The van der Waals surface area contributed by atoms with Gasteiger partial charge in [0.05, 0.1) is 12.2 Å². The lowest BCUT2D eigenvalue weighted by molar-refractivity contribution is 0.220. The SMILES string of the molecule is C[C@H]1C[C@H]1c1ccc(CN(Cc2cc(=O)n3ccccc3n2)C2CC2)o1. The van der Waals surface area contributed by atoms with E-state index in [9.17, 15) is 4.79 Å². The van der Waals surface area contributed by atoms with Gasteiger partial charge in [-0.25, -0.2) is 4.98 Å². The molecule has 5 nitrogen and oxygen atoms in total. The molecule has 0 aliphatic heterocycles. The van der Waals surface area contributed by atoms with Crippen LogP contribution in [0, 0.1) is 5.92 Å². The molecular weight excluding hydrogens is 326 g/mol. The molecule has 134 valence electrons. The molecule has 5 rings (SSSR count). The summed E-state index contributed by atoms with van der Waals surface area (Å²) in [6, 6.07) is 12.1. The summed E-state index contributed by atoms with van der Waals surface area (Å²) in [5.74, 6) is 3.51. The Hall–Kier alpha value is -2.40. The van der Waals surface area contributed by atoms with Crippen LogP contribution in [0.4, 0.5) is 0 Å². The van der Waals surface area contributed by atoms with Crippen LogP contribution in [0.25, 0.3) is 5.65 Å². The molecular formula is C21H23N3O2. The molecule has 0 aromatic carbocycles. The van der Waals surface area contributed by atoms with Gasteiger partial charge in [0.2, 0.25) is 0 Å². The monoisotopic (exact) mass is 349 g/mol. The predicted octanol–water partition coefficient (Wildman–Crippen LogP) is 3.58. The van der Waals surface area contributed by atoms with Gasteiger partial charge < -0.3 is 4.42 Å². The van der Waals surface area contributed by atoms with E-state index < -0.39 is 0 Å². The van der Waals surface area contributed by atoms with Gasteiger partial charge in [0.25, 0.3) is 5.56 Å². The maximum Gasteiger partial charge on any atom is 0.258 e. The fraction of sp³-hybridized carbons (Fsp3) is 0.429. The van der Waals surface area contributed by atoms with E-state index in [0.29, 0.717) is 24.2 Å². The second-order valence-corrected chi connectivity index (χ2v) is 7.77. The van der Waals surface area contributed by atoms with Crippen LogP contribution in [0.1, 0.15) is 49.3 Å². The minimum absolute atomic E-state index is 0.0237. The lowest BCUT2D eigenvalue weighted by atomic mass is 10.2. The van der Waals surface area contributed by atoms with Crippen LogP contribution in [0.3, 0.4) is 0 Å². The van der Waals surface area contributed by atoms with Gasteiger partial charge in [-0.1, -0.05) is 13.0 Å². The standard InChI is InChI=1S/C21H23N3O2/c1-14-10-18(14)19-8-7-17(26-19)13-23(16-5-6-16)12-15-11-21(25)24-9-3-2-4-20(24)22-15/h2-4,7-9,11,14,16,18H,5-6,10,12-13H2,1H3/t14-,18+/m0/s1. The van der Waals surface area contributed by atoms with E-state index in [0.717, 1.165) is 29.7 Å². The van der Waals surface area contributed by atoms with Crippen molar-refractivity contribution in [3.8, 4) is 0 Å². The maximum atomic E-state index is 12.3. The first-order valence-electron chi connectivity index (χ1n) is 9.47. The fourth-order valence-corrected chi connectivity index (χ4v) is 3.74. The molecule has 0 saturated heterocycles.